The minimum atomic E-state index is 0.0813. The van der Waals surface area contributed by atoms with Gasteiger partial charge in [-0.1, -0.05) is 61.7 Å². The molecule has 0 aliphatic rings. The summed E-state index contributed by atoms with van der Waals surface area (Å²) in [5, 5.41) is 0.672. The lowest BCUT2D eigenvalue weighted by Gasteiger charge is -2.15. The van der Waals surface area contributed by atoms with Gasteiger partial charge >= 0.3 is 0 Å². The Morgan fingerprint density at radius 3 is 2.39 bits per heavy atom. The molecule has 1 unspecified atom stereocenters. The monoisotopic (exact) mass is 388 g/mol. The van der Waals surface area contributed by atoms with Crippen LogP contribution in [0.2, 0.25) is 5.02 Å². The Labute approximate surface area is 128 Å². The predicted octanol–water partition coefficient (Wildman–Crippen LogP) is 5.60. The summed E-state index contributed by atoms with van der Waals surface area (Å²) in [4.78, 5) is 0.0813. The first-order valence-electron chi connectivity index (χ1n) is 5.35. The zero-order valence-electron chi connectivity index (χ0n) is 9.66. The number of hydrogen-bond acceptors (Lipinski definition) is 1. The fourth-order valence-electron chi connectivity index (χ4n) is 1.71. The number of hydrogen-bond donors (Lipinski definition) is 0. The van der Waals surface area contributed by atoms with Crippen molar-refractivity contribution in [2.24, 2.45) is 0 Å². The summed E-state index contributed by atoms with van der Waals surface area (Å²) < 4.78 is 6.43. The van der Waals surface area contributed by atoms with E-state index in [1.807, 2.05) is 30.3 Å². The van der Waals surface area contributed by atoms with Crippen LogP contribution in [0.25, 0.3) is 0 Å². The van der Waals surface area contributed by atoms with Crippen LogP contribution in [0.4, 0.5) is 0 Å². The highest BCUT2D eigenvalue weighted by Crippen LogP contribution is 2.38. The first-order chi connectivity index (χ1) is 8.61. The van der Waals surface area contributed by atoms with E-state index in [9.17, 15) is 0 Å². The standard InChI is InChI=1S/C14H11Br2ClO/c1-18-13-8-11(17)6-7-12(13)14(16)9-2-4-10(15)5-3-9/h2-8,14H,1H3. The average molecular weight is 391 g/mol. The largest absolute Gasteiger partial charge is 0.496 e. The van der Waals surface area contributed by atoms with Crippen LogP contribution in [0.5, 0.6) is 5.75 Å². The molecule has 0 amide bonds. The van der Waals surface area contributed by atoms with E-state index >= 15 is 0 Å². The zero-order chi connectivity index (χ0) is 13.1. The van der Waals surface area contributed by atoms with Crippen LogP contribution in [0.1, 0.15) is 16.0 Å². The number of halogens is 3. The molecular formula is C14H11Br2ClO. The van der Waals surface area contributed by atoms with E-state index in [1.54, 1.807) is 7.11 Å². The van der Waals surface area contributed by atoms with Crippen molar-refractivity contribution in [3.63, 3.8) is 0 Å². The molecule has 1 atom stereocenters. The number of benzene rings is 2. The molecule has 0 aliphatic heterocycles. The van der Waals surface area contributed by atoms with Crippen molar-refractivity contribution < 1.29 is 4.74 Å². The second-order valence-corrected chi connectivity index (χ2v) is 6.07. The van der Waals surface area contributed by atoms with Crippen LogP contribution in [-0.2, 0) is 0 Å². The molecule has 1 nitrogen and oxygen atoms in total. The molecule has 94 valence electrons. The molecule has 2 aromatic rings. The summed E-state index contributed by atoms with van der Waals surface area (Å²) in [5.74, 6) is 0.785. The molecular weight excluding hydrogens is 379 g/mol. The second kappa shape index (κ2) is 6.09. The molecule has 0 aromatic heterocycles. The van der Waals surface area contributed by atoms with Gasteiger partial charge in [0.05, 0.1) is 11.9 Å². The molecule has 4 heteroatoms. The van der Waals surface area contributed by atoms with Crippen LogP contribution < -0.4 is 4.74 Å². The van der Waals surface area contributed by atoms with Gasteiger partial charge < -0.3 is 4.74 Å². The molecule has 2 aromatic carbocycles. The smallest absolute Gasteiger partial charge is 0.125 e. The molecule has 0 bridgehead atoms. The highest BCUT2D eigenvalue weighted by Gasteiger charge is 2.15. The van der Waals surface area contributed by atoms with Gasteiger partial charge in [-0.05, 0) is 29.8 Å². The minimum Gasteiger partial charge on any atom is -0.496 e. The van der Waals surface area contributed by atoms with Gasteiger partial charge in [-0.25, -0.2) is 0 Å². The molecule has 0 N–H and O–H groups in total. The van der Waals surface area contributed by atoms with Crippen LogP contribution in [0.3, 0.4) is 0 Å². The van der Waals surface area contributed by atoms with Crippen molar-refractivity contribution in [2.75, 3.05) is 7.11 Å². The predicted molar refractivity (Wildman–Crippen MR) is 82.9 cm³/mol. The summed E-state index contributed by atoms with van der Waals surface area (Å²) in [6, 6.07) is 13.8. The van der Waals surface area contributed by atoms with Crippen LogP contribution in [0, 0.1) is 0 Å². The molecule has 0 spiro atoms. The highest BCUT2D eigenvalue weighted by atomic mass is 79.9. The molecule has 18 heavy (non-hydrogen) atoms. The fraction of sp³-hybridized carbons (Fsp3) is 0.143. The zero-order valence-corrected chi connectivity index (χ0v) is 13.6. The average Bonchev–Trinajstić information content (AvgIpc) is 2.38. The molecule has 0 radical (unpaired) electrons. The van der Waals surface area contributed by atoms with Crippen LogP contribution in [0.15, 0.2) is 46.9 Å². The summed E-state index contributed by atoms with van der Waals surface area (Å²) in [5.41, 5.74) is 2.23. The van der Waals surface area contributed by atoms with E-state index in [2.05, 4.69) is 44.0 Å². The van der Waals surface area contributed by atoms with Crippen LogP contribution >= 0.6 is 43.5 Å². The first-order valence-corrected chi connectivity index (χ1v) is 7.43. The van der Waals surface area contributed by atoms with Crippen molar-refractivity contribution in [3.8, 4) is 5.75 Å². The van der Waals surface area contributed by atoms with Crippen molar-refractivity contribution in [3.05, 3.63) is 63.1 Å². The quantitative estimate of drug-likeness (QED) is 0.620. The molecule has 0 fully saturated rings. The Hall–Kier alpha value is -0.510. The Balaban J connectivity index is 2.39. The Morgan fingerprint density at radius 2 is 1.78 bits per heavy atom. The summed E-state index contributed by atoms with van der Waals surface area (Å²) in [7, 11) is 1.65. The number of methoxy groups -OCH3 is 1. The molecule has 0 saturated heterocycles. The summed E-state index contributed by atoms with van der Waals surface area (Å²) >= 11 is 13.1. The van der Waals surface area contributed by atoms with Crippen molar-refractivity contribution in [1.82, 2.24) is 0 Å². The Kier molecular flexibility index (Phi) is 4.71. The summed E-state index contributed by atoms with van der Waals surface area (Å²) in [6.07, 6.45) is 0. The minimum absolute atomic E-state index is 0.0813. The van der Waals surface area contributed by atoms with E-state index in [4.69, 9.17) is 16.3 Å². The SMILES string of the molecule is COc1cc(Cl)ccc1C(Br)c1ccc(Br)cc1. The van der Waals surface area contributed by atoms with Crippen LogP contribution in [-0.4, -0.2) is 7.11 Å². The second-order valence-electron chi connectivity index (χ2n) is 3.80. The van der Waals surface area contributed by atoms with Crippen molar-refractivity contribution >= 4 is 43.5 Å². The highest BCUT2D eigenvalue weighted by molar-refractivity contribution is 9.10. The van der Waals surface area contributed by atoms with E-state index in [0.717, 1.165) is 15.8 Å². The number of rotatable bonds is 3. The lowest BCUT2D eigenvalue weighted by Crippen LogP contribution is -1.97. The van der Waals surface area contributed by atoms with Gasteiger partial charge in [-0.3, -0.25) is 0 Å². The Morgan fingerprint density at radius 1 is 1.11 bits per heavy atom. The lowest BCUT2D eigenvalue weighted by atomic mass is 10.0. The normalized spacial score (nSPS) is 12.2. The van der Waals surface area contributed by atoms with Gasteiger partial charge in [0.25, 0.3) is 0 Å². The Bertz CT molecular complexity index is 540. The van der Waals surface area contributed by atoms with E-state index < -0.39 is 0 Å². The van der Waals surface area contributed by atoms with Gasteiger partial charge in [0.2, 0.25) is 0 Å². The first kappa shape index (κ1) is 13.9. The van der Waals surface area contributed by atoms with Crippen molar-refractivity contribution in [1.29, 1.82) is 0 Å². The summed E-state index contributed by atoms with van der Waals surface area (Å²) in [6.45, 7) is 0. The van der Waals surface area contributed by atoms with Gasteiger partial charge in [-0.2, -0.15) is 0 Å². The maximum atomic E-state index is 5.97. The van der Waals surface area contributed by atoms with Gasteiger partial charge in [0.1, 0.15) is 5.75 Å². The van der Waals surface area contributed by atoms with Gasteiger partial charge in [0, 0.05) is 15.1 Å². The van der Waals surface area contributed by atoms with Crippen molar-refractivity contribution in [2.45, 2.75) is 4.83 Å². The molecule has 0 aliphatic carbocycles. The third kappa shape index (κ3) is 3.08. The van der Waals surface area contributed by atoms with Gasteiger partial charge in [0.15, 0.2) is 0 Å². The molecule has 0 heterocycles. The van der Waals surface area contributed by atoms with E-state index in [0.29, 0.717) is 5.02 Å². The number of ether oxygens (including phenoxy) is 1. The van der Waals surface area contributed by atoms with E-state index in [-0.39, 0.29) is 4.83 Å². The number of alkyl halides is 1. The topological polar surface area (TPSA) is 9.23 Å². The fourth-order valence-corrected chi connectivity index (χ4v) is 2.82. The third-order valence-electron chi connectivity index (χ3n) is 2.63. The van der Waals surface area contributed by atoms with Gasteiger partial charge in [-0.15, -0.1) is 0 Å². The van der Waals surface area contributed by atoms with E-state index in [1.165, 1.54) is 5.56 Å². The molecule has 0 saturated carbocycles. The lowest BCUT2D eigenvalue weighted by molar-refractivity contribution is 0.410. The molecule has 2 rings (SSSR count). The maximum absolute atomic E-state index is 5.97. The maximum Gasteiger partial charge on any atom is 0.125 e. The third-order valence-corrected chi connectivity index (χ3v) is 4.42.